The Balaban J connectivity index is 0.967. The molecule has 3 aromatic heterocycles. The Morgan fingerprint density at radius 3 is 1.98 bits per heavy atom. The minimum Gasteiger partial charge on any atom is -0.455 e. The zero-order valence-corrected chi connectivity index (χ0v) is 33.1. The molecule has 0 amide bonds. The summed E-state index contributed by atoms with van der Waals surface area (Å²) in [5, 5.41) is 7.89. The molecule has 12 rings (SSSR count). The molecule has 0 unspecified atom stereocenters. The summed E-state index contributed by atoms with van der Waals surface area (Å²) in [5.41, 5.74) is 12.2. The number of furan rings is 1. The summed E-state index contributed by atoms with van der Waals surface area (Å²) in [6.45, 7) is 4.58. The molecule has 5 heteroatoms. The summed E-state index contributed by atoms with van der Waals surface area (Å²) in [6.07, 6.45) is 2.08. The fraction of sp³-hybridized carbons (Fsp3) is 0. The predicted octanol–water partition coefficient (Wildman–Crippen LogP) is 14.8. The Bertz CT molecular complexity index is 3670. The van der Waals surface area contributed by atoms with Gasteiger partial charge in [-0.1, -0.05) is 146 Å². The molecule has 0 bridgehead atoms. The number of allylic oxidation sites excluding steroid dienone is 2. The van der Waals surface area contributed by atoms with E-state index in [4.69, 9.17) is 19.4 Å². The molecule has 4 heterocycles. The van der Waals surface area contributed by atoms with Crippen LogP contribution in [0.1, 0.15) is 16.7 Å². The number of thiophene rings is 1. The lowest BCUT2D eigenvalue weighted by Crippen LogP contribution is -2.07. The maximum absolute atomic E-state index is 6.76. The Morgan fingerprint density at radius 1 is 0.450 bits per heavy atom. The van der Waals surface area contributed by atoms with Crippen molar-refractivity contribution in [3.05, 3.63) is 217 Å². The van der Waals surface area contributed by atoms with E-state index in [9.17, 15) is 0 Å². The number of amidine groups is 1. The molecule has 4 nitrogen and oxygen atoms in total. The monoisotopic (exact) mass is 783 g/mol. The van der Waals surface area contributed by atoms with Crippen molar-refractivity contribution in [1.82, 2.24) is 4.98 Å². The van der Waals surface area contributed by atoms with E-state index in [2.05, 4.69) is 164 Å². The molecule has 280 valence electrons. The first-order valence-electron chi connectivity index (χ1n) is 20.0. The first-order valence-corrected chi connectivity index (χ1v) is 20.8. The molecule has 1 aliphatic heterocycles. The highest BCUT2D eigenvalue weighted by Crippen LogP contribution is 2.42. The lowest BCUT2D eigenvalue weighted by atomic mass is 9.95. The zero-order chi connectivity index (χ0) is 39.7. The minimum atomic E-state index is 0.647. The van der Waals surface area contributed by atoms with Crippen molar-refractivity contribution >= 4 is 92.4 Å². The van der Waals surface area contributed by atoms with Crippen LogP contribution >= 0.6 is 11.3 Å². The predicted molar refractivity (Wildman–Crippen MR) is 253 cm³/mol. The van der Waals surface area contributed by atoms with Crippen LogP contribution in [0.2, 0.25) is 0 Å². The highest BCUT2D eigenvalue weighted by molar-refractivity contribution is 7.25. The molecule has 0 saturated carbocycles. The molecular formula is C55H33N3OS. The number of nitrogens with zero attached hydrogens (tertiary/aromatic N) is 3. The summed E-state index contributed by atoms with van der Waals surface area (Å²) in [5.74, 6) is 0.647. The number of benzene rings is 8. The third kappa shape index (κ3) is 5.63. The van der Waals surface area contributed by atoms with Crippen LogP contribution in [0, 0.1) is 0 Å². The third-order valence-electron chi connectivity index (χ3n) is 11.6. The van der Waals surface area contributed by atoms with E-state index in [0.717, 1.165) is 99.7 Å². The standard InChI is InChI=1S/C55H33N3OS/c1-33-29-47(38-23-25-41-40-19-9-11-22-49(40)60-50(41)32-38)57-55(35-15-6-3-7-16-35)58-52(33)39-18-12-17-36(30-39)37-24-28-48-45(31-37)42-26-27-44-51(54(42)59-48)43-20-8-10-21-46(43)56-53(44)34-13-4-2-5-14-34/h2-32H,1H2. The number of aromatic nitrogens is 1. The molecule has 1 aliphatic rings. The van der Waals surface area contributed by atoms with Gasteiger partial charge in [0.1, 0.15) is 11.2 Å². The molecule has 0 saturated heterocycles. The normalized spacial score (nSPS) is 13.3. The Morgan fingerprint density at radius 2 is 1.12 bits per heavy atom. The van der Waals surface area contributed by atoms with Crippen LogP contribution in [0.15, 0.2) is 215 Å². The van der Waals surface area contributed by atoms with Crippen LogP contribution in [-0.4, -0.2) is 16.5 Å². The first-order chi connectivity index (χ1) is 29.6. The Labute approximate surface area is 349 Å². The molecular weight excluding hydrogens is 751 g/mol. The molecule has 0 atom stereocenters. The van der Waals surface area contributed by atoms with Crippen molar-refractivity contribution in [2.24, 2.45) is 9.98 Å². The lowest BCUT2D eigenvalue weighted by Gasteiger charge is -2.10. The van der Waals surface area contributed by atoms with Gasteiger partial charge in [0.05, 0.1) is 22.6 Å². The molecule has 0 fully saturated rings. The molecule has 0 radical (unpaired) electrons. The summed E-state index contributed by atoms with van der Waals surface area (Å²) >= 11 is 1.81. The maximum atomic E-state index is 6.76. The van der Waals surface area contributed by atoms with E-state index in [-0.39, 0.29) is 0 Å². The molecule has 11 aromatic rings. The summed E-state index contributed by atoms with van der Waals surface area (Å²) < 4.78 is 9.27. The van der Waals surface area contributed by atoms with Crippen LogP contribution in [-0.2, 0) is 0 Å². The van der Waals surface area contributed by atoms with Gasteiger partial charge in [-0.3, -0.25) is 0 Å². The van der Waals surface area contributed by atoms with Gasteiger partial charge in [0.15, 0.2) is 5.84 Å². The number of para-hydroxylation sites is 1. The number of fused-ring (bicyclic) bond motifs is 10. The number of rotatable bonds is 5. The average Bonchev–Trinajstić information content (AvgIpc) is 3.82. The topological polar surface area (TPSA) is 50.8 Å². The quantitative estimate of drug-likeness (QED) is 0.163. The molecule has 0 aliphatic carbocycles. The molecule has 8 aromatic carbocycles. The first kappa shape index (κ1) is 34.3. The van der Waals surface area contributed by atoms with Gasteiger partial charge in [-0.25, -0.2) is 15.0 Å². The number of hydrogen-bond acceptors (Lipinski definition) is 5. The van der Waals surface area contributed by atoms with Gasteiger partial charge in [0.25, 0.3) is 0 Å². The minimum absolute atomic E-state index is 0.647. The Kier molecular flexibility index (Phi) is 7.83. The van der Waals surface area contributed by atoms with Crippen LogP contribution in [0.4, 0.5) is 0 Å². The second kappa shape index (κ2) is 13.7. The van der Waals surface area contributed by atoms with Crippen LogP contribution in [0.5, 0.6) is 0 Å². The second-order valence-electron chi connectivity index (χ2n) is 15.2. The van der Waals surface area contributed by atoms with Crippen LogP contribution in [0.3, 0.4) is 0 Å². The van der Waals surface area contributed by atoms with Crippen LogP contribution < -0.4 is 0 Å². The Hall–Kier alpha value is -7.73. The fourth-order valence-corrected chi connectivity index (χ4v) is 9.84. The maximum Gasteiger partial charge on any atom is 0.160 e. The van der Waals surface area contributed by atoms with Crippen molar-refractivity contribution in [3.8, 4) is 22.4 Å². The number of aliphatic imine (C=N–C) groups is 2. The van der Waals surface area contributed by atoms with Gasteiger partial charge < -0.3 is 4.42 Å². The van der Waals surface area contributed by atoms with E-state index in [1.807, 2.05) is 30.3 Å². The van der Waals surface area contributed by atoms with Crippen molar-refractivity contribution in [2.75, 3.05) is 0 Å². The highest BCUT2D eigenvalue weighted by atomic mass is 32.1. The largest absolute Gasteiger partial charge is 0.455 e. The fourth-order valence-electron chi connectivity index (χ4n) is 8.69. The second-order valence-corrected chi connectivity index (χ2v) is 16.3. The van der Waals surface area contributed by atoms with E-state index >= 15 is 0 Å². The lowest BCUT2D eigenvalue weighted by molar-refractivity contribution is 0.673. The summed E-state index contributed by atoms with van der Waals surface area (Å²) in [7, 11) is 0. The average molecular weight is 784 g/mol. The third-order valence-corrected chi connectivity index (χ3v) is 12.7. The summed E-state index contributed by atoms with van der Waals surface area (Å²) in [6, 6.07) is 63.6. The van der Waals surface area contributed by atoms with Gasteiger partial charge in [-0.2, -0.15) is 0 Å². The van der Waals surface area contributed by atoms with E-state index in [1.54, 1.807) is 11.3 Å². The highest BCUT2D eigenvalue weighted by Gasteiger charge is 2.20. The van der Waals surface area contributed by atoms with Gasteiger partial charge in [-0.05, 0) is 65.2 Å². The van der Waals surface area contributed by atoms with Crippen molar-refractivity contribution in [1.29, 1.82) is 0 Å². The van der Waals surface area contributed by atoms with Crippen molar-refractivity contribution < 1.29 is 4.42 Å². The van der Waals surface area contributed by atoms with Crippen LogP contribution in [0.25, 0.3) is 91.9 Å². The molecule has 60 heavy (non-hydrogen) atoms. The van der Waals surface area contributed by atoms with Crippen molar-refractivity contribution in [2.45, 2.75) is 0 Å². The van der Waals surface area contributed by atoms with E-state index < -0.39 is 0 Å². The summed E-state index contributed by atoms with van der Waals surface area (Å²) in [4.78, 5) is 15.6. The van der Waals surface area contributed by atoms with Gasteiger partial charge in [0, 0.05) is 69.4 Å². The molecule has 0 N–H and O–H groups in total. The number of hydrogen-bond donors (Lipinski definition) is 0. The zero-order valence-electron chi connectivity index (χ0n) is 32.3. The van der Waals surface area contributed by atoms with Gasteiger partial charge >= 0.3 is 0 Å². The van der Waals surface area contributed by atoms with Gasteiger partial charge in [-0.15, -0.1) is 11.3 Å². The van der Waals surface area contributed by atoms with Crippen molar-refractivity contribution in [3.63, 3.8) is 0 Å². The van der Waals surface area contributed by atoms with E-state index in [0.29, 0.717) is 5.84 Å². The SMILES string of the molecule is C=C1C=C(c2ccc3c(c2)sc2ccccc23)N=C(c2ccccc2)N=C1c1cccc(-c2ccc3oc4c(ccc5c(-c6ccccc6)nc6ccccc6c54)c3c2)c1. The number of pyridine rings is 1. The van der Waals surface area contributed by atoms with E-state index in [1.165, 1.54) is 20.2 Å². The van der Waals surface area contributed by atoms with Gasteiger partial charge in [0.2, 0.25) is 0 Å². The smallest absolute Gasteiger partial charge is 0.160 e. The molecule has 0 spiro atoms.